The van der Waals surface area contributed by atoms with E-state index in [9.17, 15) is 9.59 Å². The third-order valence-corrected chi connectivity index (χ3v) is 4.47. The SMILES string of the molecule is COC(=O)c1cc(OC)cc(C(=O)N2CCc3oc(C(C)(C)C)nc3C2)c1. The van der Waals surface area contributed by atoms with Gasteiger partial charge in [-0.3, -0.25) is 4.79 Å². The molecule has 7 heteroatoms. The summed E-state index contributed by atoms with van der Waals surface area (Å²) in [4.78, 5) is 31.2. The molecule has 2 aromatic rings. The number of benzene rings is 1. The molecule has 0 spiro atoms. The minimum absolute atomic E-state index is 0.186. The van der Waals surface area contributed by atoms with Crippen molar-refractivity contribution in [1.82, 2.24) is 9.88 Å². The molecule has 0 unspecified atom stereocenters. The molecule has 0 atom stereocenters. The average Bonchev–Trinajstić information content (AvgIpc) is 3.10. The number of oxazole rings is 1. The Bertz CT molecular complexity index is 879. The van der Waals surface area contributed by atoms with E-state index in [1.165, 1.54) is 20.3 Å². The summed E-state index contributed by atoms with van der Waals surface area (Å²) in [5.41, 5.74) is 1.25. The molecule has 0 N–H and O–H groups in total. The highest BCUT2D eigenvalue weighted by Gasteiger charge is 2.30. The zero-order valence-corrected chi connectivity index (χ0v) is 16.3. The fraction of sp³-hybridized carbons (Fsp3) is 0.450. The van der Waals surface area contributed by atoms with Crippen LogP contribution in [0.4, 0.5) is 0 Å². The summed E-state index contributed by atoms with van der Waals surface area (Å²) >= 11 is 0. The normalized spacial score (nSPS) is 13.9. The Hall–Kier alpha value is -2.83. The molecule has 7 nitrogen and oxygen atoms in total. The van der Waals surface area contributed by atoms with Crippen LogP contribution in [0.3, 0.4) is 0 Å². The molecule has 0 radical (unpaired) electrons. The standard InChI is InChI=1S/C20H24N2O5/c1-20(2,3)19-21-15-11-22(7-6-16(15)27-19)17(23)12-8-13(18(24)26-5)10-14(9-12)25-4/h8-10H,6-7,11H2,1-5H3. The summed E-state index contributed by atoms with van der Waals surface area (Å²) in [6.45, 7) is 7.02. The summed E-state index contributed by atoms with van der Waals surface area (Å²) in [5.74, 6) is 1.23. The number of methoxy groups -OCH3 is 2. The van der Waals surface area contributed by atoms with Gasteiger partial charge in [-0.15, -0.1) is 0 Å². The van der Waals surface area contributed by atoms with E-state index < -0.39 is 5.97 Å². The van der Waals surface area contributed by atoms with Crippen LogP contribution in [0.25, 0.3) is 0 Å². The van der Waals surface area contributed by atoms with Gasteiger partial charge in [0.15, 0.2) is 5.89 Å². The van der Waals surface area contributed by atoms with Gasteiger partial charge in [-0.1, -0.05) is 20.8 Å². The highest BCUT2D eigenvalue weighted by atomic mass is 16.5. The molecule has 0 saturated carbocycles. The van der Waals surface area contributed by atoms with Crippen molar-refractivity contribution in [2.75, 3.05) is 20.8 Å². The molecule has 1 aliphatic heterocycles. The van der Waals surface area contributed by atoms with Crippen LogP contribution >= 0.6 is 0 Å². The van der Waals surface area contributed by atoms with Gasteiger partial charge < -0.3 is 18.8 Å². The Balaban J connectivity index is 1.87. The molecule has 0 fully saturated rings. The van der Waals surface area contributed by atoms with Gasteiger partial charge in [0, 0.05) is 23.9 Å². The van der Waals surface area contributed by atoms with Crippen molar-refractivity contribution < 1.29 is 23.5 Å². The first-order chi connectivity index (χ1) is 12.7. The van der Waals surface area contributed by atoms with E-state index in [1.54, 1.807) is 17.0 Å². The van der Waals surface area contributed by atoms with Crippen molar-refractivity contribution in [3.63, 3.8) is 0 Å². The first-order valence-corrected chi connectivity index (χ1v) is 8.78. The number of nitrogens with zero attached hydrogens (tertiary/aromatic N) is 2. The van der Waals surface area contributed by atoms with E-state index in [0.29, 0.717) is 36.7 Å². The van der Waals surface area contributed by atoms with E-state index in [-0.39, 0.29) is 16.9 Å². The lowest BCUT2D eigenvalue weighted by atomic mass is 9.97. The Morgan fingerprint density at radius 3 is 2.48 bits per heavy atom. The number of amides is 1. The third-order valence-electron chi connectivity index (χ3n) is 4.47. The van der Waals surface area contributed by atoms with E-state index in [4.69, 9.17) is 13.9 Å². The number of carbonyl (C=O) groups is 2. The van der Waals surface area contributed by atoms with E-state index >= 15 is 0 Å². The van der Waals surface area contributed by atoms with E-state index in [2.05, 4.69) is 4.98 Å². The van der Waals surface area contributed by atoms with Gasteiger partial charge in [0.25, 0.3) is 5.91 Å². The van der Waals surface area contributed by atoms with Crippen molar-refractivity contribution in [2.45, 2.75) is 39.2 Å². The molecular weight excluding hydrogens is 348 g/mol. The molecule has 0 bridgehead atoms. The zero-order chi connectivity index (χ0) is 19.8. The molecule has 3 rings (SSSR count). The second-order valence-corrected chi connectivity index (χ2v) is 7.56. The van der Waals surface area contributed by atoms with Crippen LogP contribution in [0, 0.1) is 0 Å². The van der Waals surface area contributed by atoms with Gasteiger partial charge in [0.05, 0.1) is 26.3 Å². The number of carbonyl (C=O) groups excluding carboxylic acids is 2. The van der Waals surface area contributed by atoms with Crippen LogP contribution < -0.4 is 4.74 Å². The first-order valence-electron chi connectivity index (χ1n) is 8.78. The van der Waals surface area contributed by atoms with Gasteiger partial charge in [0.1, 0.15) is 17.2 Å². The van der Waals surface area contributed by atoms with Crippen molar-refractivity contribution in [3.05, 3.63) is 46.7 Å². The Morgan fingerprint density at radius 1 is 1.15 bits per heavy atom. The predicted molar refractivity (Wildman–Crippen MR) is 98.0 cm³/mol. The lowest BCUT2D eigenvalue weighted by Crippen LogP contribution is -2.36. The van der Waals surface area contributed by atoms with Gasteiger partial charge in [-0.25, -0.2) is 9.78 Å². The molecule has 0 saturated heterocycles. The zero-order valence-electron chi connectivity index (χ0n) is 16.3. The number of hydrogen-bond donors (Lipinski definition) is 0. The van der Waals surface area contributed by atoms with Crippen molar-refractivity contribution in [1.29, 1.82) is 0 Å². The van der Waals surface area contributed by atoms with Gasteiger partial charge >= 0.3 is 5.97 Å². The highest BCUT2D eigenvalue weighted by Crippen LogP contribution is 2.28. The molecule has 2 heterocycles. The van der Waals surface area contributed by atoms with Crippen LogP contribution in [0.1, 0.15) is 58.8 Å². The van der Waals surface area contributed by atoms with Gasteiger partial charge in [0.2, 0.25) is 0 Å². The second-order valence-electron chi connectivity index (χ2n) is 7.56. The molecule has 144 valence electrons. The quantitative estimate of drug-likeness (QED) is 0.771. The van der Waals surface area contributed by atoms with Crippen LogP contribution in [0.5, 0.6) is 5.75 Å². The summed E-state index contributed by atoms with van der Waals surface area (Å²) in [6, 6.07) is 4.69. The van der Waals surface area contributed by atoms with Gasteiger partial charge in [-0.2, -0.15) is 0 Å². The molecule has 1 aromatic carbocycles. The second kappa shape index (κ2) is 7.06. The monoisotopic (exact) mass is 372 g/mol. The lowest BCUT2D eigenvalue weighted by molar-refractivity contribution is 0.0600. The summed E-state index contributed by atoms with van der Waals surface area (Å²) < 4.78 is 15.8. The minimum Gasteiger partial charge on any atom is -0.497 e. The number of hydrogen-bond acceptors (Lipinski definition) is 6. The van der Waals surface area contributed by atoms with Crippen LogP contribution in [0.15, 0.2) is 22.6 Å². The molecule has 1 aromatic heterocycles. The maximum absolute atomic E-state index is 13.0. The number of esters is 1. The fourth-order valence-corrected chi connectivity index (χ4v) is 2.95. The molecule has 1 amide bonds. The Kier molecular flexibility index (Phi) is 4.95. The topological polar surface area (TPSA) is 81.9 Å². The third kappa shape index (κ3) is 3.82. The first kappa shape index (κ1) is 18.9. The molecule has 27 heavy (non-hydrogen) atoms. The molecule has 0 aliphatic carbocycles. The predicted octanol–water partition coefficient (Wildman–Crippen LogP) is 2.97. The van der Waals surface area contributed by atoms with Crippen molar-refractivity contribution in [2.24, 2.45) is 0 Å². The van der Waals surface area contributed by atoms with E-state index in [0.717, 1.165) is 11.5 Å². The van der Waals surface area contributed by atoms with Crippen LogP contribution in [-0.2, 0) is 23.1 Å². The lowest BCUT2D eigenvalue weighted by Gasteiger charge is -2.25. The summed E-state index contributed by atoms with van der Waals surface area (Å²) in [5, 5.41) is 0. The van der Waals surface area contributed by atoms with Crippen LogP contribution in [0.2, 0.25) is 0 Å². The Labute approximate surface area is 158 Å². The summed E-state index contributed by atoms with van der Waals surface area (Å²) in [7, 11) is 2.79. The number of rotatable bonds is 3. The van der Waals surface area contributed by atoms with Gasteiger partial charge in [-0.05, 0) is 18.2 Å². The van der Waals surface area contributed by atoms with Crippen molar-refractivity contribution >= 4 is 11.9 Å². The minimum atomic E-state index is -0.518. The maximum Gasteiger partial charge on any atom is 0.338 e. The Morgan fingerprint density at radius 2 is 1.85 bits per heavy atom. The smallest absolute Gasteiger partial charge is 0.338 e. The van der Waals surface area contributed by atoms with Crippen molar-refractivity contribution in [3.8, 4) is 5.75 Å². The largest absolute Gasteiger partial charge is 0.497 e. The molecular formula is C20H24N2O5. The fourth-order valence-electron chi connectivity index (χ4n) is 2.95. The van der Waals surface area contributed by atoms with E-state index in [1.807, 2.05) is 20.8 Å². The number of ether oxygens (including phenoxy) is 2. The highest BCUT2D eigenvalue weighted by molar-refractivity contribution is 5.98. The maximum atomic E-state index is 13.0. The number of aromatic nitrogens is 1. The van der Waals surface area contributed by atoms with Crippen LogP contribution in [-0.4, -0.2) is 42.5 Å². The summed E-state index contributed by atoms with van der Waals surface area (Å²) in [6.07, 6.45) is 0.609. The average molecular weight is 372 g/mol. The molecule has 1 aliphatic rings. The number of fused-ring (bicyclic) bond motifs is 1.